The fourth-order valence-corrected chi connectivity index (χ4v) is 2.34. The number of ether oxygens (including phenoxy) is 1. The molecule has 1 unspecified atom stereocenters. The Balaban J connectivity index is 2.31. The Morgan fingerprint density at radius 1 is 0.900 bits per heavy atom. The minimum absolute atomic E-state index is 0.103. The number of para-hydroxylation sites is 1. The normalized spacial score (nSPS) is 12.2. The molecule has 0 fully saturated rings. The van der Waals surface area contributed by atoms with Crippen molar-refractivity contribution in [2.45, 2.75) is 33.8 Å². The molecular weight excluding hydrogens is 246 g/mol. The number of benzene rings is 2. The monoisotopic (exact) mass is 269 g/mol. The van der Waals surface area contributed by atoms with Crippen LogP contribution in [0.2, 0.25) is 0 Å². The molecule has 0 aliphatic carbocycles. The molecule has 1 atom stereocenters. The molecule has 20 heavy (non-hydrogen) atoms. The third kappa shape index (κ3) is 3.02. The van der Waals surface area contributed by atoms with E-state index < -0.39 is 0 Å². The van der Waals surface area contributed by atoms with Gasteiger partial charge < -0.3 is 10.5 Å². The summed E-state index contributed by atoms with van der Waals surface area (Å²) >= 11 is 0. The maximum Gasteiger partial charge on any atom is 0.136 e. The van der Waals surface area contributed by atoms with Crippen molar-refractivity contribution in [3.05, 3.63) is 64.2 Å². The molecule has 0 aromatic heterocycles. The quantitative estimate of drug-likeness (QED) is 0.910. The summed E-state index contributed by atoms with van der Waals surface area (Å²) in [5.74, 6) is 0.946. The van der Waals surface area contributed by atoms with Gasteiger partial charge in [-0.2, -0.15) is 0 Å². The lowest BCUT2D eigenvalue weighted by Crippen LogP contribution is -2.19. The molecule has 2 aromatic rings. The van der Waals surface area contributed by atoms with Crippen LogP contribution in [-0.2, 0) is 0 Å². The van der Waals surface area contributed by atoms with Crippen molar-refractivity contribution in [3.63, 3.8) is 0 Å². The zero-order chi connectivity index (χ0) is 14.7. The Kier molecular flexibility index (Phi) is 4.46. The average Bonchev–Trinajstić information content (AvgIpc) is 2.42. The first kappa shape index (κ1) is 14.6. The molecule has 2 nitrogen and oxygen atoms in total. The number of rotatable bonds is 4. The van der Waals surface area contributed by atoms with Crippen LogP contribution in [0, 0.1) is 27.7 Å². The van der Waals surface area contributed by atoms with E-state index in [2.05, 4.69) is 58.0 Å². The minimum atomic E-state index is -0.103. The number of hydrogen-bond donors (Lipinski definition) is 1. The molecule has 0 bridgehead atoms. The zero-order valence-corrected chi connectivity index (χ0v) is 12.7. The summed E-state index contributed by atoms with van der Waals surface area (Å²) in [5.41, 5.74) is 11.9. The second-order valence-electron chi connectivity index (χ2n) is 5.41. The van der Waals surface area contributed by atoms with Gasteiger partial charge in [0.1, 0.15) is 11.9 Å². The summed E-state index contributed by atoms with van der Waals surface area (Å²) in [7, 11) is 0. The highest BCUT2D eigenvalue weighted by molar-refractivity contribution is 5.41. The first-order valence-corrected chi connectivity index (χ1v) is 7.03. The van der Waals surface area contributed by atoms with E-state index in [0.29, 0.717) is 6.54 Å². The van der Waals surface area contributed by atoms with Crippen LogP contribution in [0.25, 0.3) is 0 Å². The fraction of sp³-hybridized carbons (Fsp3) is 0.333. The molecule has 0 saturated heterocycles. The first-order chi connectivity index (χ1) is 9.52. The van der Waals surface area contributed by atoms with Gasteiger partial charge >= 0.3 is 0 Å². The molecule has 2 heteroatoms. The van der Waals surface area contributed by atoms with Crippen LogP contribution >= 0.6 is 0 Å². The summed E-state index contributed by atoms with van der Waals surface area (Å²) < 4.78 is 6.18. The van der Waals surface area contributed by atoms with Gasteiger partial charge in [0.05, 0.1) is 0 Å². The largest absolute Gasteiger partial charge is 0.484 e. The predicted octanol–water partition coefficient (Wildman–Crippen LogP) is 4.00. The van der Waals surface area contributed by atoms with Gasteiger partial charge in [-0.25, -0.2) is 0 Å². The van der Waals surface area contributed by atoms with Crippen molar-refractivity contribution < 1.29 is 4.74 Å². The van der Waals surface area contributed by atoms with E-state index in [9.17, 15) is 0 Å². The molecule has 0 amide bonds. The van der Waals surface area contributed by atoms with Crippen LogP contribution in [0.15, 0.2) is 36.4 Å². The highest BCUT2D eigenvalue weighted by Crippen LogP contribution is 2.28. The summed E-state index contributed by atoms with van der Waals surface area (Å²) in [6, 6.07) is 12.6. The molecule has 2 aromatic carbocycles. The van der Waals surface area contributed by atoms with Gasteiger partial charge in [0.2, 0.25) is 0 Å². The highest BCUT2D eigenvalue weighted by Gasteiger charge is 2.14. The molecule has 2 N–H and O–H groups in total. The van der Waals surface area contributed by atoms with E-state index in [4.69, 9.17) is 10.5 Å². The van der Waals surface area contributed by atoms with E-state index in [1.165, 1.54) is 11.1 Å². The average molecular weight is 269 g/mol. The lowest BCUT2D eigenvalue weighted by Gasteiger charge is -2.21. The van der Waals surface area contributed by atoms with E-state index in [-0.39, 0.29) is 6.10 Å². The Labute approximate surface area is 121 Å². The van der Waals surface area contributed by atoms with Crippen LogP contribution in [0.4, 0.5) is 0 Å². The van der Waals surface area contributed by atoms with Gasteiger partial charge in [-0.1, -0.05) is 36.4 Å². The molecule has 0 heterocycles. The van der Waals surface area contributed by atoms with Crippen molar-refractivity contribution in [1.29, 1.82) is 0 Å². The Morgan fingerprint density at radius 2 is 1.55 bits per heavy atom. The van der Waals surface area contributed by atoms with Gasteiger partial charge in [0.15, 0.2) is 0 Å². The Bertz CT molecular complexity index is 584. The van der Waals surface area contributed by atoms with Gasteiger partial charge in [0, 0.05) is 6.54 Å². The summed E-state index contributed by atoms with van der Waals surface area (Å²) in [4.78, 5) is 0. The lowest BCUT2D eigenvalue weighted by molar-refractivity contribution is 0.211. The fourth-order valence-electron chi connectivity index (χ4n) is 2.34. The first-order valence-electron chi connectivity index (χ1n) is 7.03. The molecule has 106 valence electrons. The highest BCUT2D eigenvalue weighted by atomic mass is 16.5. The van der Waals surface area contributed by atoms with Gasteiger partial charge in [-0.05, 0) is 55.5 Å². The second-order valence-corrected chi connectivity index (χ2v) is 5.41. The predicted molar refractivity (Wildman–Crippen MR) is 84.3 cm³/mol. The molecule has 0 aliphatic rings. The molecule has 0 saturated carbocycles. The van der Waals surface area contributed by atoms with Crippen molar-refractivity contribution in [2.75, 3.05) is 6.54 Å². The third-order valence-electron chi connectivity index (χ3n) is 3.79. The van der Waals surface area contributed by atoms with E-state index in [1.807, 2.05) is 6.07 Å². The van der Waals surface area contributed by atoms with Crippen molar-refractivity contribution in [2.24, 2.45) is 5.73 Å². The van der Waals surface area contributed by atoms with E-state index in [0.717, 1.165) is 22.4 Å². The molecule has 2 rings (SSSR count). The van der Waals surface area contributed by atoms with Crippen LogP contribution in [0.5, 0.6) is 5.75 Å². The summed E-state index contributed by atoms with van der Waals surface area (Å²) in [6.45, 7) is 8.83. The lowest BCUT2D eigenvalue weighted by atomic mass is 10.0. The van der Waals surface area contributed by atoms with Gasteiger partial charge in [0.25, 0.3) is 0 Å². The summed E-state index contributed by atoms with van der Waals surface area (Å²) in [6.07, 6.45) is -0.103. The topological polar surface area (TPSA) is 35.2 Å². The minimum Gasteiger partial charge on any atom is -0.484 e. The van der Waals surface area contributed by atoms with Crippen LogP contribution in [0.3, 0.4) is 0 Å². The third-order valence-corrected chi connectivity index (χ3v) is 3.79. The SMILES string of the molecule is Cc1ccc(C(CN)Oc2c(C)cccc2C)cc1C. The maximum atomic E-state index is 6.18. The Hall–Kier alpha value is -1.80. The number of hydrogen-bond acceptors (Lipinski definition) is 2. The molecule has 0 aliphatic heterocycles. The molecular formula is C18H23NO. The zero-order valence-electron chi connectivity index (χ0n) is 12.7. The van der Waals surface area contributed by atoms with Gasteiger partial charge in [-0.15, -0.1) is 0 Å². The van der Waals surface area contributed by atoms with Crippen molar-refractivity contribution >= 4 is 0 Å². The van der Waals surface area contributed by atoms with Crippen LogP contribution < -0.4 is 10.5 Å². The van der Waals surface area contributed by atoms with Crippen LogP contribution in [-0.4, -0.2) is 6.54 Å². The second kappa shape index (κ2) is 6.10. The Morgan fingerprint density at radius 3 is 2.10 bits per heavy atom. The van der Waals surface area contributed by atoms with Crippen molar-refractivity contribution in [1.82, 2.24) is 0 Å². The van der Waals surface area contributed by atoms with Gasteiger partial charge in [-0.3, -0.25) is 0 Å². The smallest absolute Gasteiger partial charge is 0.136 e. The molecule has 0 radical (unpaired) electrons. The maximum absolute atomic E-state index is 6.18. The van der Waals surface area contributed by atoms with Crippen LogP contribution in [0.1, 0.15) is 33.9 Å². The number of aryl methyl sites for hydroxylation is 4. The van der Waals surface area contributed by atoms with E-state index in [1.54, 1.807) is 0 Å². The number of nitrogens with two attached hydrogens (primary N) is 1. The van der Waals surface area contributed by atoms with Crippen molar-refractivity contribution in [3.8, 4) is 5.75 Å². The van der Waals surface area contributed by atoms with E-state index >= 15 is 0 Å². The molecule has 0 spiro atoms. The summed E-state index contributed by atoms with van der Waals surface area (Å²) in [5, 5.41) is 0. The standard InChI is InChI=1S/C18H23NO/c1-12-8-9-16(10-15(12)4)17(11-19)20-18-13(2)6-5-7-14(18)3/h5-10,17H,11,19H2,1-4H3.